The molecule has 7 heteroatoms. The molecule has 0 saturated carbocycles. The van der Waals surface area contributed by atoms with Crippen LogP contribution >= 0.6 is 0 Å². The zero-order chi connectivity index (χ0) is 11.4. The summed E-state index contributed by atoms with van der Waals surface area (Å²) < 4.78 is 0. The molecule has 15 heavy (non-hydrogen) atoms. The Labute approximate surface area is 82.8 Å². The molecule has 1 aromatic carbocycles. The smallest absolute Gasteiger partial charge is 0.338 e. The Hall–Kier alpha value is -2.53. The normalized spacial score (nSPS) is 9.07. The average molecular weight is 208 g/mol. The standard InChI is InChI=1S/C8H4N2O5/c11-4-9-7-2-1-5(10(14)15)3-6(7)8(12)13/h1-3H,(H,12,13). The molecule has 0 saturated heterocycles. The van der Waals surface area contributed by atoms with E-state index in [1.165, 1.54) is 6.08 Å². The Kier molecular flexibility index (Phi) is 2.90. The molecule has 0 fully saturated rings. The molecule has 0 aliphatic carbocycles. The molecule has 7 nitrogen and oxygen atoms in total. The quantitative estimate of drug-likeness (QED) is 0.348. The molecule has 0 aliphatic rings. The zero-order valence-corrected chi connectivity index (χ0v) is 7.21. The van der Waals surface area contributed by atoms with Gasteiger partial charge in [-0.1, -0.05) is 0 Å². The van der Waals surface area contributed by atoms with E-state index in [-0.39, 0.29) is 11.4 Å². The first-order valence-corrected chi connectivity index (χ1v) is 3.66. The van der Waals surface area contributed by atoms with Crippen LogP contribution in [0.4, 0.5) is 11.4 Å². The lowest BCUT2D eigenvalue weighted by Crippen LogP contribution is -1.98. The van der Waals surface area contributed by atoms with Gasteiger partial charge in [0.05, 0.1) is 16.2 Å². The monoisotopic (exact) mass is 208 g/mol. The van der Waals surface area contributed by atoms with Gasteiger partial charge in [0.1, 0.15) is 0 Å². The first kappa shape index (κ1) is 10.6. The van der Waals surface area contributed by atoms with Gasteiger partial charge in [0, 0.05) is 12.1 Å². The van der Waals surface area contributed by atoms with Crippen molar-refractivity contribution >= 4 is 23.4 Å². The van der Waals surface area contributed by atoms with Crippen molar-refractivity contribution in [2.24, 2.45) is 4.99 Å². The van der Waals surface area contributed by atoms with Gasteiger partial charge in [-0.25, -0.2) is 9.59 Å². The highest BCUT2D eigenvalue weighted by molar-refractivity contribution is 5.94. The van der Waals surface area contributed by atoms with Crippen molar-refractivity contribution in [2.75, 3.05) is 0 Å². The number of hydrogen-bond donors (Lipinski definition) is 1. The Morgan fingerprint density at radius 2 is 2.20 bits per heavy atom. The number of nitro groups is 1. The average Bonchev–Trinajstić information content (AvgIpc) is 2.18. The number of carbonyl (C=O) groups is 1. The molecule has 0 radical (unpaired) electrons. The maximum atomic E-state index is 10.7. The van der Waals surface area contributed by atoms with Crippen molar-refractivity contribution in [3.63, 3.8) is 0 Å². The van der Waals surface area contributed by atoms with E-state index in [0.717, 1.165) is 18.2 Å². The van der Waals surface area contributed by atoms with Crippen molar-refractivity contribution in [3.05, 3.63) is 33.9 Å². The third-order valence-corrected chi connectivity index (χ3v) is 1.59. The van der Waals surface area contributed by atoms with Gasteiger partial charge in [-0.05, 0) is 6.07 Å². The third-order valence-electron chi connectivity index (χ3n) is 1.59. The molecule has 76 valence electrons. The summed E-state index contributed by atoms with van der Waals surface area (Å²) in [5.41, 5.74) is -0.951. The number of non-ortho nitro benzene ring substituents is 1. The summed E-state index contributed by atoms with van der Waals surface area (Å²) in [5, 5.41) is 19.0. The van der Waals surface area contributed by atoms with Crippen LogP contribution < -0.4 is 0 Å². The van der Waals surface area contributed by atoms with Crippen LogP contribution in [0.5, 0.6) is 0 Å². The molecule has 0 heterocycles. The molecular weight excluding hydrogens is 204 g/mol. The number of hydrogen-bond acceptors (Lipinski definition) is 5. The van der Waals surface area contributed by atoms with Crippen LogP contribution in [0.25, 0.3) is 0 Å². The van der Waals surface area contributed by atoms with Crippen LogP contribution in [0, 0.1) is 10.1 Å². The van der Waals surface area contributed by atoms with Crippen molar-refractivity contribution < 1.29 is 19.6 Å². The summed E-state index contributed by atoms with van der Waals surface area (Å²) in [6.45, 7) is 0. The molecule has 0 aromatic heterocycles. The Morgan fingerprint density at radius 1 is 1.53 bits per heavy atom. The molecule has 0 atom stereocenters. The summed E-state index contributed by atoms with van der Waals surface area (Å²) in [6, 6.07) is 2.97. The molecule has 0 amide bonds. The fraction of sp³-hybridized carbons (Fsp3) is 0. The van der Waals surface area contributed by atoms with E-state index in [0.29, 0.717) is 0 Å². The van der Waals surface area contributed by atoms with Gasteiger partial charge in [-0.2, -0.15) is 4.99 Å². The van der Waals surface area contributed by atoms with Crippen LogP contribution in [-0.2, 0) is 4.79 Å². The largest absolute Gasteiger partial charge is 0.478 e. The second-order valence-corrected chi connectivity index (χ2v) is 2.47. The predicted molar refractivity (Wildman–Crippen MR) is 47.8 cm³/mol. The molecule has 0 aliphatic heterocycles. The van der Waals surface area contributed by atoms with Gasteiger partial charge < -0.3 is 5.11 Å². The van der Waals surface area contributed by atoms with Gasteiger partial charge >= 0.3 is 5.97 Å². The molecular formula is C8H4N2O5. The van der Waals surface area contributed by atoms with Crippen LogP contribution in [0.15, 0.2) is 23.2 Å². The van der Waals surface area contributed by atoms with Crippen LogP contribution in [0.2, 0.25) is 0 Å². The number of carbonyl (C=O) groups excluding carboxylic acids is 1. The number of nitrogens with zero attached hydrogens (tertiary/aromatic N) is 2. The summed E-state index contributed by atoms with van der Waals surface area (Å²) in [4.78, 5) is 33.3. The number of carboxylic acids is 1. The number of nitro benzene ring substituents is 1. The highest BCUT2D eigenvalue weighted by atomic mass is 16.6. The highest BCUT2D eigenvalue weighted by Crippen LogP contribution is 2.23. The van der Waals surface area contributed by atoms with Crippen LogP contribution in [0.3, 0.4) is 0 Å². The topological polar surface area (TPSA) is 110 Å². The summed E-state index contributed by atoms with van der Waals surface area (Å²) >= 11 is 0. The van der Waals surface area contributed by atoms with Crippen LogP contribution in [0.1, 0.15) is 10.4 Å². The lowest BCUT2D eigenvalue weighted by atomic mass is 10.1. The lowest BCUT2D eigenvalue weighted by molar-refractivity contribution is -0.384. The minimum absolute atomic E-state index is 0.164. The molecule has 1 N–H and O–H groups in total. The van der Waals surface area contributed by atoms with Crippen molar-refractivity contribution in [1.29, 1.82) is 0 Å². The minimum atomic E-state index is -1.40. The number of aliphatic imine (C=N–C) groups is 1. The molecule has 0 bridgehead atoms. The fourth-order valence-corrected chi connectivity index (χ4v) is 0.956. The maximum absolute atomic E-state index is 10.7. The van der Waals surface area contributed by atoms with Crippen molar-refractivity contribution in [3.8, 4) is 0 Å². The second-order valence-electron chi connectivity index (χ2n) is 2.47. The van der Waals surface area contributed by atoms with E-state index < -0.39 is 16.5 Å². The van der Waals surface area contributed by atoms with Gasteiger partial charge in [-0.15, -0.1) is 0 Å². The lowest BCUT2D eigenvalue weighted by Gasteiger charge is -1.98. The number of isocyanates is 1. The molecule has 0 unspecified atom stereocenters. The van der Waals surface area contributed by atoms with E-state index in [2.05, 4.69) is 4.99 Å². The minimum Gasteiger partial charge on any atom is -0.478 e. The number of benzene rings is 1. The first-order valence-electron chi connectivity index (χ1n) is 3.66. The predicted octanol–water partition coefficient (Wildman–Crippen LogP) is 1.26. The van der Waals surface area contributed by atoms with Crippen LogP contribution in [-0.4, -0.2) is 22.1 Å². The van der Waals surface area contributed by atoms with E-state index in [9.17, 15) is 19.7 Å². The maximum Gasteiger partial charge on any atom is 0.338 e. The van der Waals surface area contributed by atoms with Crippen molar-refractivity contribution in [2.45, 2.75) is 0 Å². The molecule has 0 spiro atoms. The number of rotatable bonds is 3. The highest BCUT2D eigenvalue weighted by Gasteiger charge is 2.15. The second kappa shape index (κ2) is 4.12. The fourth-order valence-electron chi connectivity index (χ4n) is 0.956. The van der Waals surface area contributed by atoms with E-state index in [1.807, 2.05) is 0 Å². The Bertz CT molecular complexity index is 476. The number of aromatic carboxylic acids is 1. The molecule has 1 aromatic rings. The summed E-state index contributed by atoms with van der Waals surface area (Å²) in [7, 11) is 0. The zero-order valence-electron chi connectivity index (χ0n) is 7.21. The summed E-state index contributed by atoms with van der Waals surface area (Å²) in [6.07, 6.45) is 1.17. The van der Waals surface area contributed by atoms with Gasteiger partial charge in [0.2, 0.25) is 6.08 Å². The third kappa shape index (κ3) is 2.23. The van der Waals surface area contributed by atoms with E-state index in [4.69, 9.17) is 5.11 Å². The SMILES string of the molecule is O=C=Nc1ccc([N+](=O)[O-])cc1C(=O)O. The van der Waals surface area contributed by atoms with E-state index >= 15 is 0 Å². The number of carboxylic acid groups (broad SMARTS) is 1. The first-order chi connectivity index (χ1) is 7.06. The van der Waals surface area contributed by atoms with Crippen molar-refractivity contribution in [1.82, 2.24) is 0 Å². The Balaban J connectivity index is 3.39. The van der Waals surface area contributed by atoms with Gasteiger partial charge in [0.15, 0.2) is 0 Å². The summed E-state index contributed by atoms with van der Waals surface area (Å²) in [5.74, 6) is -1.40. The Morgan fingerprint density at radius 3 is 2.67 bits per heavy atom. The molecule has 1 rings (SSSR count). The van der Waals surface area contributed by atoms with Gasteiger partial charge in [0.25, 0.3) is 5.69 Å². The van der Waals surface area contributed by atoms with Gasteiger partial charge in [-0.3, -0.25) is 10.1 Å². The van der Waals surface area contributed by atoms with E-state index in [1.54, 1.807) is 0 Å².